The molecule has 2 nitrogen and oxygen atoms in total. The number of hydrogen-bond acceptors (Lipinski definition) is 1. The average Bonchev–Trinajstić information content (AvgIpc) is 2.10. The van der Waals surface area contributed by atoms with Crippen LogP contribution >= 0.6 is 0 Å². The van der Waals surface area contributed by atoms with Gasteiger partial charge in [-0.2, -0.15) is 0 Å². The Hall–Kier alpha value is -1.05. The van der Waals surface area contributed by atoms with Crippen molar-refractivity contribution in [2.24, 2.45) is 5.92 Å². The van der Waals surface area contributed by atoms with Crippen molar-refractivity contribution in [3.8, 4) is 0 Å². The van der Waals surface area contributed by atoms with E-state index < -0.39 is 0 Å². The quantitative estimate of drug-likeness (QED) is 0.481. The molecule has 1 unspecified atom stereocenters. The molecule has 0 bridgehead atoms. The monoisotopic (exact) mass is 181 g/mol. The summed E-state index contributed by atoms with van der Waals surface area (Å²) < 4.78 is 0. The van der Waals surface area contributed by atoms with Gasteiger partial charge in [-0.1, -0.05) is 32.1 Å². The van der Waals surface area contributed by atoms with Crippen LogP contribution in [-0.2, 0) is 4.79 Å². The number of amides is 1. The van der Waals surface area contributed by atoms with Crippen LogP contribution in [0.2, 0.25) is 0 Å². The second kappa shape index (κ2) is 6.46. The largest absolute Gasteiger partial charge is 0.345 e. The van der Waals surface area contributed by atoms with Crippen LogP contribution in [0.3, 0.4) is 0 Å². The van der Waals surface area contributed by atoms with E-state index in [-0.39, 0.29) is 5.91 Å². The van der Waals surface area contributed by atoms with E-state index in [1.807, 2.05) is 6.08 Å². The number of hydrogen-bond donors (Lipinski definition) is 0. The Bertz CT molecular complexity index is 204. The molecule has 74 valence electrons. The highest BCUT2D eigenvalue weighted by Gasteiger charge is 1.97. The number of nitrogens with zero attached hydrogens (tertiary/aromatic N) is 1. The Morgan fingerprint density at radius 2 is 2.00 bits per heavy atom. The third kappa shape index (κ3) is 6.14. The van der Waals surface area contributed by atoms with Gasteiger partial charge in [-0.3, -0.25) is 4.79 Å². The minimum absolute atomic E-state index is 0.0387. The zero-order valence-electron chi connectivity index (χ0n) is 8.95. The molecule has 0 aliphatic rings. The molecule has 0 radical (unpaired) electrons. The fourth-order valence-electron chi connectivity index (χ4n) is 0.798. The summed E-state index contributed by atoms with van der Waals surface area (Å²) in [6, 6.07) is 0. The average molecular weight is 181 g/mol. The van der Waals surface area contributed by atoms with Crippen molar-refractivity contribution in [3.63, 3.8) is 0 Å². The summed E-state index contributed by atoms with van der Waals surface area (Å²) in [4.78, 5) is 12.7. The standard InChI is InChI=1S/C11H19NO/c1-5-6-7-10(2)8-9-11(13)12(3)4/h6-10H,5H2,1-4H3/b7-6-,9-8+. The summed E-state index contributed by atoms with van der Waals surface area (Å²) in [5, 5.41) is 0. The van der Waals surface area contributed by atoms with Gasteiger partial charge in [-0.15, -0.1) is 0 Å². The van der Waals surface area contributed by atoms with Gasteiger partial charge < -0.3 is 4.90 Å². The molecule has 13 heavy (non-hydrogen) atoms. The smallest absolute Gasteiger partial charge is 0.245 e. The van der Waals surface area contributed by atoms with E-state index in [1.54, 1.807) is 25.1 Å². The summed E-state index contributed by atoms with van der Waals surface area (Å²) in [7, 11) is 3.50. The van der Waals surface area contributed by atoms with Crippen LogP contribution in [0.5, 0.6) is 0 Å². The topological polar surface area (TPSA) is 20.3 Å². The molecule has 0 aromatic heterocycles. The van der Waals surface area contributed by atoms with E-state index >= 15 is 0 Å². The van der Waals surface area contributed by atoms with Crippen molar-refractivity contribution in [2.75, 3.05) is 14.1 Å². The van der Waals surface area contributed by atoms with Gasteiger partial charge in [0, 0.05) is 14.1 Å². The van der Waals surface area contributed by atoms with Crippen molar-refractivity contribution >= 4 is 5.91 Å². The molecule has 0 rings (SSSR count). The first-order valence-corrected chi connectivity index (χ1v) is 4.64. The minimum atomic E-state index is 0.0387. The highest BCUT2D eigenvalue weighted by Crippen LogP contribution is 2.00. The van der Waals surface area contributed by atoms with Gasteiger partial charge in [-0.05, 0) is 18.4 Å². The Morgan fingerprint density at radius 1 is 1.38 bits per heavy atom. The Kier molecular flexibility index (Phi) is 5.94. The number of likely N-dealkylation sites (N-methyl/N-ethyl adjacent to an activating group) is 1. The molecular formula is C11H19NO. The first kappa shape index (κ1) is 11.9. The molecule has 0 saturated carbocycles. The van der Waals surface area contributed by atoms with Crippen LogP contribution in [0, 0.1) is 5.92 Å². The molecule has 0 aromatic rings. The van der Waals surface area contributed by atoms with E-state index in [0.29, 0.717) is 5.92 Å². The van der Waals surface area contributed by atoms with Crippen molar-refractivity contribution in [2.45, 2.75) is 20.3 Å². The third-order valence-corrected chi connectivity index (χ3v) is 1.66. The van der Waals surface area contributed by atoms with Crippen molar-refractivity contribution < 1.29 is 4.79 Å². The van der Waals surface area contributed by atoms with Crippen molar-refractivity contribution in [1.82, 2.24) is 4.90 Å². The minimum Gasteiger partial charge on any atom is -0.345 e. The molecule has 0 aliphatic heterocycles. The number of allylic oxidation sites excluding steroid dienone is 3. The van der Waals surface area contributed by atoms with Crippen LogP contribution < -0.4 is 0 Å². The maximum atomic E-state index is 11.1. The van der Waals surface area contributed by atoms with Gasteiger partial charge in [-0.25, -0.2) is 0 Å². The van der Waals surface area contributed by atoms with E-state index in [4.69, 9.17) is 0 Å². The molecule has 1 atom stereocenters. The van der Waals surface area contributed by atoms with Crippen LogP contribution in [0.25, 0.3) is 0 Å². The van der Waals surface area contributed by atoms with Crippen LogP contribution in [0.4, 0.5) is 0 Å². The van der Waals surface area contributed by atoms with Crippen molar-refractivity contribution in [3.05, 3.63) is 24.3 Å². The zero-order valence-corrected chi connectivity index (χ0v) is 8.95. The molecule has 0 aromatic carbocycles. The lowest BCUT2D eigenvalue weighted by molar-refractivity contribution is -0.123. The molecule has 0 heterocycles. The molecule has 0 N–H and O–H groups in total. The van der Waals surface area contributed by atoms with Gasteiger partial charge >= 0.3 is 0 Å². The fourth-order valence-corrected chi connectivity index (χ4v) is 0.798. The predicted molar refractivity (Wildman–Crippen MR) is 56.4 cm³/mol. The van der Waals surface area contributed by atoms with Crippen LogP contribution in [0.15, 0.2) is 24.3 Å². The number of carbonyl (C=O) groups excluding carboxylic acids is 1. The van der Waals surface area contributed by atoms with E-state index in [9.17, 15) is 4.79 Å². The summed E-state index contributed by atoms with van der Waals surface area (Å²) in [6.07, 6.45) is 8.77. The summed E-state index contributed by atoms with van der Waals surface area (Å²) in [6.45, 7) is 4.16. The summed E-state index contributed by atoms with van der Waals surface area (Å²) in [5.41, 5.74) is 0. The Morgan fingerprint density at radius 3 is 2.46 bits per heavy atom. The second-order valence-electron chi connectivity index (χ2n) is 3.29. The normalized spacial score (nSPS) is 13.8. The summed E-state index contributed by atoms with van der Waals surface area (Å²) >= 11 is 0. The number of rotatable bonds is 4. The van der Waals surface area contributed by atoms with Gasteiger partial charge in [0.1, 0.15) is 0 Å². The number of carbonyl (C=O) groups is 1. The molecule has 1 amide bonds. The van der Waals surface area contributed by atoms with Gasteiger partial charge in [0.15, 0.2) is 0 Å². The molecule has 0 spiro atoms. The lowest BCUT2D eigenvalue weighted by atomic mass is 10.1. The second-order valence-corrected chi connectivity index (χ2v) is 3.29. The Labute approximate surface area is 80.9 Å². The fraction of sp³-hybridized carbons (Fsp3) is 0.545. The third-order valence-electron chi connectivity index (χ3n) is 1.66. The van der Waals surface area contributed by atoms with Crippen LogP contribution in [-0.4, -0.2) is 24.9 Å². The van der Waals surface area contributed by atoms with E-state index in [0.717, 1.165) is 6.42 Å². The van der Waals surface area contributed by atoms with E-state index in [2.05, 4.69) is 26.0 Å². The SMILES string of the molecule is CC/C=C\C(C)/C=C/C(=O)N(C)C. The highest BCUT2D eigenvalue weighted by atomic mass is 16.2. The van der Waals surface area contributed by atoms with E-state index in [1.165, 1.54) is 0 Å². The molecular weight excluding hydrogens is 162 g/mol. The lowest BCUT2D eigenvalue weighted by Gasteiger charge is -2.05. The maximum Gasteiger partial charge on any atom is 0.245 e. The van der Waals surface area contributed by atoms with Crippen LogP contribution in [0.1, 0.15) is 20.3 Å². The lowest BCUT2D eigenvalue weighted by Crippen LogP contribution is -2.18. The predicted octanol–water partition coefficient (Wildman–Crippen LogP) is 2.23. The zero-order chi connectivity index (χ0) is 10.3. The molecule has 0 saturated heterocycles. The van der Waals surface area contributed by atoms with Gasteiger partial charge in [0.25, 0.3) is 0 Å². The molecule has 0 aliphatic carbocycles. The Balaban J connectivity index is 3.97. The highest BCUT2D eigenvalue weighted by molar-refractivity contribution is 5.87. The van der Waals surface area contributed by atoms with Gasteiger partial charge in [0.2, 0.25) is 5.91 Å². The first-order chi connectivity index (χ1) is 6.07. The molecule has 2 heteroatoms. The molecule has 0 fully saturated rings. The van der Waals surface area contributed by atoms with Crippen molar-refractivity contribution in [1.29, 1.82) is 0 Å². The van der Waals surface area contributed by atoms with Gasteiger partial charge in [0.05, 0.1) is 0 Å². The summed E-state index contributed by atoms with van der Waals surface area (Å²) in [5.74, 6) is 0.376. The first-order valence-electron chi connectivity index (χ1n) is 4.64. The maximum absolute atomic E-state index is 11.1.